The van der Waals surface area contributed by atoms with Crippen LogP contribution in [0.3, 0.4) is 0 Å². The molecule has 130 valence electrons. The number of para-hydroxylation sites is 1. The van der Waals surface area contributed by atoms with Gasteiger partial charge in [0.25, 0.3) is 0 Å². The van der Waals surface area contributed by atoms with Crippen LogP contribution in [0.1, 0.15) is 12.5 Å². The summed E-state index contributed by atoms with van der Waals surface area (Å²) in [5, 5.41) is 12.0. The van der Waals surface area contributed by atoms with E-state index in [-0.39, 0.29) is 11.7 Å². The van der Waals surface area contributed by atoms with Crippen LogP contribution in [0.25, 0.3) is 11.3 Å². The highest BCUT2D eigenvalue weighted by Gasteiger charge is 2.17. The van der Waals surface area contributed by atoms with E-state index in [1.165, 1.54) is 23.9 Å². The average Bonchev–Trinajstić information content (AvgIpc) is 3.11. The summed E-state index contributed by atoms with van der Waals surface area (Å²) in [6.45, 7) is 1.76. The van der Waals surface area contributed by atoms with Gasteiger partial charge in [0.05, 0.1) is 28.4 Å². The summed E-state index contributed by atoms with van der Waals surface area (Å²) in [6.07, 6.45) is 1.64. The van der Waals surface area contributed by atoms with Crippen LogP contribution < -0.4 is 5.32 Å². The highest BCUT2D eigenvalue weighted by atomic mass is 32.2. The maximum atomic E-state index is 13.0. The highest BCUT2D eigenvalue weighted by molar-refractivity contribution is 8.00. The van der Waals surface area contributed by atoms with Crippen LogP contribution in [0.2, 0.25) is 0 Å². The minimum atomic E-state index is -0.422. The molecule has 0 saturated heterocycles. The molecular weight excluding hydrogens is 351 g/mol. The first kappa shape index (κ1) is 17.7. The average molecular weight is 366 g/mol. The second-order valence-corrected chi connectivity index (χ2v) is 6.85. The highest BCUT2D eigenvalue weighted by Crippen LogP contribution is 2.25. The first-order valence-electron chi connectivity index (χ1n) is 7.84. The van der Waals surface area contributed by atoms with Crippen LogP contribution in [0.5, 0.6) is 0 Å². The number of nitrogens with zero attached hydrogens (tertiary/aromatic N) is 2. The smallest absolute Gasteiger partial charge is 0.237 e. The number of carbonyl (C=O) groups excluding carboxylic acids is 1. The minimum Gasteiger partial charge on any atom is -0.333 e. The molecule has 7 heteroatoms. The monoisotopic (exact) mass is 366 g/mol. The number of rotatable bonds is 5. The van der Waals surface area contributed by atoms with Crippen molar-refractivity contribution in [2.75, 3.05) is 5.32 Å². The second-order valence-electron chi connectivity index (χ2n) is 5.52. The lowest BCUT2D eigenvalue weighted by Gasteiger charge is -2.11. The Bertz CT molecular complexity index is 962. The maximum Gasteiger partial charge on any atom is 0.237 e. The van der Waals surface area contributed by atoms with E-state index in [9.17, 15) is 9.18 Å². The first-order chi connectivity index (χ1) is 12.6. The second kappa shape index (κ2) is 7.85. The molecule has 0 aliphatic heterocycles. The van der Waals surface area contributed by atoms with Gasteiger partial charge in [-0.2, -0.15) is 5.26 Å². The molecule has 1 heterocycles. The molecule has 0 saturated carbocycles. The van der Waals surface area contributed by atoms with Crippen LogP contribution in [0, 0.1) is 17.1 Å². The number of hydrogen-bond acceptors (Lipinski definition) is 4. The van der Waals surface area contributed by atoms with E-state index >= 15 is 0 Å². The van der Waals surface area contributed by atoms with Crippen molar-refractivity contribution in [2.45, 2.75) is 17.3 Å². The number of benzene rings is 2. The number of nitriles is 1. The standard InChI is InChI=1S/C19H15FN4OS/c1-12(18(25)23-16-5-3-2-4-14(16)10-21)26-19-22-11-17(24-19)13-6-8-15(20)9-7-13/h2-9,11-12H,1H3,(H,22,24)(H,23,25). The number of nitrogens with one attached hydrogen (secondary N) is 2. The molecule has 1 unspecified atom stereocenters. The van der Waals surface area contributed by atoms with Gasteiger partial charge in [-0.15, -0.1) is 0 Å². The summed E-state index contributed by atoms with van der Waals surface area (Å²) < 4.78 is 13.0. The Balaban J connectivity index is 1.66. The van der Waals surface area contributed by atoms with Gasteiger partial charge in [-0.25, -0.2) is 9.37 Å². The Hall–Kier alpha value is -3.11. The lowest BCUT2D eigenvalue weighted by Crippen LogP contribution is -2.23. The molecule has 1 amide bonds. The van der Waals surface area contributed by atoms with Gasteiger partial charge in [-0.05, 0) is 48.9 Å². The fraction of sp³-hybridized carbons (Fsp3) is 0.105. The zero-order valence-electron chi connectivity index (χ0n) is 13.9. The minimum absolute atomic E-state index is 0.225. The molecule has 0 fully saturated rings. The van der Waals surface area contributed by atoms with Gasteiger partial charge in [0.1, 0.15) is 11.9 Å². The Labute approximate surface area is 154 Å². The molecule has 0 aliphatic carbocycles. The number of halogens is 1. The molecule has 26 heavy (non-hydrogen) atoms. The summed E-state index contributed by atoms with van der Waals surface area (Å²) in [7, 11) is 0. The molecule has 5 nitrogen and oxygen atoms in total. The molecule has 0 radical (unpaired) electrons. The fourth-order valence-corrected chi connectivity index (χ4v) is 3.07. The molecule has 0 aliphatic rings. The van der Waals surface area contributed by atoms with Crippen LogP contribution in [0.15, 0.2) is 59.9 Å². The van der Waals surface area contributed by atoms with Crippen LogP contribution in [-0.2, 0) is 4.79 Å². The van der Waals surface area contributed by atoms with Crippen molar-refractivity contribution in [1.29, 1.82) is 5.26 Å². The number of hydrogen-bond donors (Lipinski definition) is 2. The van der Waals surface area contributed by atoms with Crippen LogP contribution in [-0.4, -0.2) is 21.1 Å². The summed E-state index contributed by atoms with van der Waals surface area (Å²) >= 11 is 1.27. The lowest BCUT2D eigenvalue weighted by atomic mass is 10.2. The number of imidazole rings is 1. The summed E-state index contributed by atoms with van der Waals surface area (Å²) in [4.78, 5) is 19.8. The van der Waals surface area contributed by atoms with Crippen molar-refractivity contribution < 1.29 is 9.18 Å². The third kappa shape index (κ3) is 4.10. The van der Waals surface area contributed by atoms with Crippen molar-refractivity contribution >= 4 is 23.4 Å². The number of anilines is 1. The van der Waals surface area contributed by atoms with Crippen molar-refractivity contribution in [1.82, 2.24) is 9.97 Å². The Morgan fingerprint density at radius 3 is 2.73 bits per heavy atom. The molecule has 1 aromatic heterocycles. The van der Waals surface area contributed by atoms with E-state index in [1.54, 1.807) is 49.5 Å². The SMILES string of the molecule is CC(Sc1ncc(-c2ccc(F)cc2)[nH]1)C(=O)Nc1ccccc1C#N. The summed E-state index contributed by atoms with van der Waals surface area (Å²) in [5.74, 6) is -0.525. The number of aromatic nitrogens is 2. The number of H-pyrrole nitrogens is 1. The molecule has 0 spiro atoms. The molecule has 3 rings (SSSR count). The van der Waals surface area contributed by atoms with Gasteiger partial charge in [-0.3, -0.25) is 4.79 Å². The van der Waals surface area contributed by atoms with E-state index in [0.29, 0.717) is 16.4 Å². The Kier molecular flexibility index (Phi) is 5.34. The first-order valence-corrected chi connectivity index (χ1v) is 8.72. The largest absolute Gasteiger partial charge is 0.333 e. The molecular formula is C19H15FN4OS. The Morgan fingerprint density at radius 1 is 1.27 bits per heavy atom. The summed E-state index contributed by atoms with van der Waals surface area (Å²) in [5.41, 5.74) is 2.45. The van der Waals surface area contributed by atoms with Gasteiger partial charge < -0.3 is 10.3 Å². The zero-order valence-corrected chi connectivity index (χ0v) is 14.7. The van der Waals surface area contributed by atoms with Gasteiger partial charge >= 0.3 is 0 Å². The van der Waals surface area contributed by atoms with E-state index in [1.807, 2.05) is 6.07 Å². The lowest BCUT2D eigenvalue weighted by molar-refractivity contribution is -0.115. The fourth-order valence-electron chi connectivity index (χ4n) is 2.28. The predicted molar refractivity (Wildman–Crippen MR) is 99.1 cm³/mol. The molecule has 2 N–H and O–H groups in total. The van der Waals surface area contributed by atoms with Gasteiger partial charge in [0, 0.05) is 0 Å². The van der Waals surface area contributed by atoms with E-state index in [2.05, 4.69) is 15.3 Å². The maximum absolute atomic E-state index is 13.0. The number of amides is 1. The molecule has 1 atom stereocenters. The summed E-state index contributed by atoms with van der Waals surface area (Å²) in [6, 6.07) is 15.0. The van der Waals surface area contributed by atoms with Crippen LogP contribution in [0.4, 0.5) is 10.1 Å². The molecule has 0 bridgehead atoms. The van der Waals surface area contributed by atoms with Crippen molar-refractivity contribution in [3.8, 4) is 17.3 Å². The Morgan fingerprint density at radius 2 is 2.00 bits per heavy atom. The zero-order chi connectivity index (χ0) is 18.5. The normalized spacial score (nSPS) is 11.6. The quantitative estimate of drug-likeness (QED) is 0.663. The van der Waals surface area contributed by atoms with E-state index in [0.717, 1.165) is 11.3 Å². The number of aromatic amines is 1. The number of carbonyl (C=O) groups is 1. The molecule has 3 aromatic rings. The van der Waals surface area contributed by atoms with Crippen LogP contribution >= 0.6 is 11.8 Å². The van der Waals surface area contributed by atoms with E-state index < -0.39 is 5.25 Å². The third-order valence-corrected chi connectivity index (χ3v) is 4.67. The third-order valence-electron chi connectivity index (χ3n) is 3.67. The van der Waals surface area contributed by atoms with Crippen molar-refractivity contribution in [2.24, 2.45) is 0 Å². The van der Waals surface area contributed by atoms with Gasteiger partial charge in [0.15, 0.2) is 5.16 Å². The molecule has 2 aromatic carbocycles. The number of thioether (sulfide) groups is 1. The van der Waals surface area contributed by atoms with Crippen molar-refractivity contribution in [3.63, 3.8) is 0 Å². The van der Waals surface area contributed by atoms with Gasteiger partial charge in [0.2, 0.25) is 5.91 Å². The van der Waals surface area contributed by atoms with Gasteiger partial charge in [-0.1, -0.05) is 23.9 Å². The topological polar surface area (TPSA) is 81.6 Å². The van der Waals surface area contributed by atoms with E-state index in [4.69, 9.17) is 5.26 Å². The van der Waals surface area contributed by atoms with Crippen molar-refractivity contribution in [3.05, 3.63) is 66.1 Å². The predicted octanol–water partition coefficient (Wildman–Crippen LogP) is 4.21.